The molecule has 14 heteroatoms. The second-order valence-electron chi connectivity index (χ2n) is 11.6. The van der Waals surface area contributed by atoms with Gasteiger partial charge in [-0.1, -0.05) is 6.07 Å². The SMILES string of the molecule is CC(C)N(C(=O)n1cnc(Cl)n1)C1CCN(c2cc3c4c(cccn24)-c2c(C(F)(F)F)cc4c(ncn4C)c2OCC3)CC1. The summed E-state index contributed by atoms with van der Waals surface area (Å²) in [5, 5.41) is 3.99. The Morgan fingerprint density at radius 3 is 2.61 bits per heavy atom. The first-order valence-corrected chi connectivity index (χ1v) is 14.9. The van der Waals surface area contributed by atoms with Crippen molar-refractivity contribution in [2.24, 2.45) is 7.05 Å². The largest absolute Gasteiger partial charge is 0.490 e. The highest BCUT2D eigenvalue weighted by atomic mass is 35.5. The average molecular weight is 627 g/mol. The predicted octanol–water partition coefficient (Wildman–Crippen LogP) is 6.04. The number of fused-ring (bicyclic) bond motifs is 4. The monoisotopic (exact) mass is 626 g/mol. The molecule has 2 aliphatic rings. The minimum atomic E-state index is -4.60. The van der Waals surface area contributed by atoms with E-state index in [2.05, 4.69) is 26.0 Å². The van der Waals surface area contributed by atoms with E-state index in [4.69, 9.17) is 16.3 Å². The number of aryl methyl sites for hydroxylation is 1. The molecule has 0 spiro atoms. The maximum Gasteiger partial charge on any atom is 0.417 e. The maximum atomic E-state index is 14.6. The minimum Gasteiger partial charge on any atom is -0.490 e. The Balaban J connectivity index is 1.27. The van der Waals surface area contributed by atoms with Crippen molar-refractivity contribution >= 4 is 40.0 Å². The van der Waals surface area contributed by atoms with Crippen LogP contribution in [-0.4, -0.2) is 71.4 Å². The lowest BCUT2D eigenvalue weighted by Gasteiger charge is -2.40. The number of hydrogen-bond donors (Lipinski definition) is 0. The molecule has 7 rings (SSSR count). The zero-order valence-electron chi connectivity index (χ0n) is 24.3. The van der Waals surface area contributed by atoms with Crippen LogP contribution in [0.25, 0.3) is 27.7 Å². The first-order valence-electron chi connectivity index (χ1n) is 14.5. The minimum absolute atomic E-state index is 0.0101. The van der Waals surface area contributed by atoms with E-state index < -0.39 is 11.7 Å². The maximum absolute atomic E-state index is 14.6. The predicted molar refractivity (Wildman–Crippen MR) is 159 cm³/mol. The summed E-state index contributed by atoms with van der Waals surface area (Å²) in [6.45, 7) is 5.46. The first-order chi connectivity index (χ1) is 21.0. The van der Waals surface area contributed by atoms with Gasteiger partial charge in [-0.25, -0.2) is 14.8 Å². The van der Waals surface area contributed by atoms with E-state index in [1.165, 1.54) is 23.4 Å². The molecule has 4 aromatic heterocycles. The number of carbonyl (C=O) groups excluding carboxylic acids is 1. The Hall–Kier alpha value is -4.26. The Morgan fingerprint density at radius 2 is 1.93 bits per heavy atom. The number of rotatable bonds is 3. The summed E-state index contributed by atoms with van der Waals surface area (Å²) >= 11 is 5.85. The topological polar surface area (TPSA) is 85.7 Å². The molecule has 0 saturated carbocycles. The van der Waals surface area contributed by atoms with Crippen LogP contribution in [0.4, 0.5) is 23.8 Å². The summed E-state index contributed by atoms with van der Waals surface area (Å²) in [6.07, 6.45) is 2.05. The van der Waals surface area contributed by atoms with Crippen LogP contribution in [0.5, 0.6) is 5.75 Å². The van der Waals surface area contributed by atoms with Crippen LogP contribution in [0.1, 0.15) is 37.8 Å². The van der Waals surface area contributed by atoms with Crippen LogP contribution in [0.3, 0.4) is 0 Å². The fourth-order valence-corrected chi connectivity index (χ4v) is 6.84. The highest BCUT2D eigenvalue weighted by molar-refractivity contribution is 6.28. The van der Waals surface area contributed by atoms with E-state index in [0.717, 1.165) is 16.9 Å². The number of hydrogen-bond acceptors (Lipinski definition) is 6. The van der Waals surface area contributed by atoms with Gasteiger partial charge < -0.3 is 23.5 Å². The Morgan fingerprint density at radius 1 is 1.16 bits per heavy atom. The number of benzene rings is 1. The first kappa shape index (κ1) is 28.5. The molecule has 6 heterocycles. The van der Waals surface area contributed by atoms with Gasteiger partial charge in [0, 0.05) is 56.0 Å². The Labute approximate surface area is 255 Å². The fraction of sp³-hybridized carbons (Fsp3) is 0.400. The third-order valence-electron chi connectivity index (χ3n) is 8.64. The van der Waals surface area contributed by atoms with Crippen molar-refractivity contribution in [2.75, 3.05) is 24.6 Å². The van der Waals surface area contributed by atoms with Gasteiger partial charge in [0.1, 0.15) is 17.7 Å². The van der Waals surface area contributed by atoms with E-state index in [1.807, 2.05) is 29.3 Å². The van der Waals surface area contributed by atoms with Gasteiger partial charge in [-0.15, -0.1) is 5.10 Å². The average Bonchev–Trinajstić information content (AvgIpc) is 3.68. The zero-order valence-corrected chi connectivity index (χ0v) is 25.1. The normalized spacial score (nSPS) is 15.9. The summed E-state index contributed by atoms with van der Waals surface area (Å²) in [7, 11) is 1.67. The van der Waals surface area contributed by atoms with Crippen molar-refractivity contribution in [3.05, 3.63) is 59.5 Å². The van der Waals surface area contributed by atoms with Crippen molar-refractivity contribution < 1.29 is 22.7 Å². The lowest BCUT2D eigenvalue weighted by Crippen LogP contribution is -2.51. The summed E-state index contributed by atoms with van der Waals surface area (Å²) in [6, 6.07) is 6.36. The van der Waals surface area contributed by atoms with E-state index in [0.29, 0.717) is 48.9 Å². The second kappa shape index (κ2) is 10.4. The quantitative estimate of drug-likeness (QED) is 0.243. The number of imidazole rings is 1. The standard InChI is InChI=1S/C30H30ClF3N8O2/c1-17(2)42(29(43)41-16-36-28(31)37-41)19-6-10-39(11-7-19)23-13-18-8-12-44-27-24(20-5-4-9-40(23)26(18)20)21(30(32,33)34)14-22-25(27)35-15-38(22)3/h4-5,9,13-17,19H,6-8,10-12H2,1-3H3. The Kier molecular flexibility index (Phi) is 6.76. The van der Waals surface area contributed by atoms with Crippen molar-refractivity contribution in [1.82, 2.24) is 33.6 Å². The zero-order chi connectivity index (χ0) is 30.9. The lowest BCUT2D eigenvalue weighted by atomic mass is 9.94. The summed E-state index contributed by atoms with van der Waals surface area (Å²) in [5.74, 6) is 1.06. The molecule has 0 N–H and O–H groups in total. The molecule has 1 fully saturated rings. The molecule has 0 bridgehead atoms. The molecule has 10 nitrogen and oxygen atoms in total. The summed E-state index contributed by atoms with van der Waals surface area (Å²) < 4.78 is 54.7. The van der Waals surface area contributed by atoms with E-state index in [1.54, 1.807) is 23.7 Å². The number of amides is 1. The highest BCUT2D eigenvalue weighted by Crippen LogP contribution is 2.49. The van der Waals surface area contributed by atoms with Crippen LogP contribution in [0.2, 0.25) is 5.28 Å². The lowest BCUT2D eigenvalue weighted by molar-refractivity contribution is -0.137. The number of pyridine rings is 1. The van der Waals surface area contributed by atoms with Gasteiger partial charge in [0.25, 0.3) is 0 Å². The van der Waals surface area contributed by atoms with Crippen LogP contribution in [0, 0.1) is 0 Å². The summed E-state index contributed by atoms with van der Waals surface area (Å²) in [4.78, 5) is 25.6. The number of nitrogens with zero attached hydrogens (tertiary/aromatic N) is 8. The van der Waals surface area contributed by atoms with Crippen molar-refractivity contribution in [2.45, 2.75) is 51.4 Å². The van der Waals surface area contributed by atoms with Crippen molar-refractivity contribution in [3.63, 3.8) is 0 Å². The molecule has 5 aromatic rings. The molecule has 1 amide bonds. The molecule has 0 radical (unpaired) electrons. The third kappa shape index (κ3) is 4.56. The van der Waals surface area contributed by atoms with E-state index in [-0.39, 0.29) is 41.3 Å². The molecule has 1 saturated heterocycles. The fourth-order valence-electron chi connectivity index (χ4n) is 6.71. The molecule has 44 heavy (non-hydrogen) atoms. The Bertz CT molecular complexity index is 1900. The highest BCUT2D eigenvalue weighted by Gasteiger charge is 2.39. The van der Waals surface area contributed by atoms with Gasteiger partial charge in [-0.05, 0) is 62.1 Å². The molecule has 0 atom stereocenters. The number of carbonyl (C=O) groups is 1. The number of aromatic nitrogens is 6. The number of piperidine rings is 1. The molecule has 1 aromatic carbocycles. The van der Waals surface area contributed by atoms with Crippen LogP contribution in [-0.2, 0) is 19.6 Å². The van der Waals surface area contributed by atoms with Crippen LogP contribution in [0.15, 0.2) is 43.1 Å². The van der Waals surface area contributed by atoms with Crippen LogP contribution < -0.4 is 9.64 Å². The van der Waals surface area contributed by atoms with E-state index >= 15 is 0 Å². The second-order valence-corrected chi connectivity index (χ2v) is 11.9. The van der Waals surface area contributed by atoms with Crippen molar-refractivity contribution in [1.29, 1.82) is 0 Å². The van der Waals surface area contributed by atoms with E-state index in [9.17, 15) is 18.0 Å². The molecular weight excluding hydrogens is 597 g/mol. The molecular formula is C30H30ClF3N8O2. The van der Waals surface area contributed by atoms with Crippen LogP contribution >= 0.6 is 11.6 Å². The van der Waals surface area contributed by atoms with Gasteiger partial charge in [-0.3, -0.25) is 0 Å². The van der Waals surface area contributed by atoms with Gasteiger partial charge in [-0.2, -0.15) is 17.9 Å². The molecule has 0 unspecified atom stereocenters. The van der Waals surface area contributed by atoms with Crippen molar-refractivity contribution in [3.8, 4) is 16.9 Å². The molecule has 230 valence electrons. The third-order valence-corrected chi connectivity index (χ3v) is 8.81. The van der Waals surface area contributed by atoms with Gasteiger partial charge in [0.2, 0.25) is 5.28 Å². The molecule has 0 aliphatic carbocycles. The number of ether oxygens (including phenoxy) is 1. The number of anilines is 1. The summed E-state index contributed by atoms with van der Waals surface area (Å²) in [5.41, 5.74) is 2.15. The van der Waals surface area contributed by atoms with Gasteiger partial charge in [0.15, 0.2) is 5.75 Å². The number of halogens is 4. The molecule has 2 aliphatic heterocycles. The smallest absolute Gasteiger partial charge is 0.417 e. The number of alkyl halides is 3. The van der Waals surface area contributed by atoms with Gasteiger partial charge in [0.05, 0.1) is 29.5 Å². The van der Waals surface area contributed by atoms with Gasteiger partial charge >= 0.3 is 12.2 Å².